The Morgan fingerprint density at radius 3 is 2.11 bits per heavy atom. The average molecular weight is 255 g/mol. The van der Waals surface area contributed by atoms with Gasteiger partial charge in [-0.2, -0.15) is 0 Å². The fourth-order valence-corrected chi connectivity index (χ4v) is 1.13. The van der Waals surface area contributed by atoms with Gasteiger partial charge in [0.1, 0.15) is 35.3 Å². The van der Waals surface area contributed by atoms with E-state index in [1.54, 1.807) is 0 Å². The lowest BCUT2D eigenvalue weighted by atomic mass is 9.94. The molecule has 0 aromatic carbocycles. The molecule has 1 atom stereocenters. The molecule has 0 rings (SSSR count). The van der Waals surface area contributed by atoms with Crippen LogP contribution in [0.5, 0.6) is 0 Å². The van der Waals surface area contributed by atoms with Crippen LogP contribution in [0.15, 0.2) is 28.9 Å². The lowest BCUT2D eigenvalue weighted by Gasteiger charge is -2.03. The van der Waals surface area contributed by atoms with E-state index in [1.165, 1.54) is 29.7 Å². The van der Waals surface area contributed by atoms with Crippen molar-refractivity contribution in [2.24, 2.45) is 0 Å². The van der Waals surface area contributed by atoms with E-state index in [4.69, 9.17) is 6.57 Å². The summed E-state index contributed by atoms with van der Waals surface area (Å²) in [4.78, 5) is 55.4. The Labute approximate surface area is 107 Å². The van der Waals surface area contributed by atoms with Gasteiger partial charge in [0.15, 0.2) is 0 Å². The highest BCUT2D eigenvalue weighted by molar-refractivity contribution is 5.85. The zero-order valence-electron chi connectivity index (χ0n) is 9.43. The smallest absolute Gasteiger partial charge is 0.289 e. The third kappa shape index (κ3) is 4.24. The highest BCUT2D eigenvalue weighted by Crippen LogP contribution is 2.21. The fraction of sp³-hybridized carbons (Fsp3) is 0.154. The quantitative estimate of drug-likeness (QED) is 0.369. The van der Waals surface area contributed by atoms with Crippen LogP contribution < -0.4 is 0 Å². The average Bonchev–Trinajstić information content (AvgIpc) is 2.45. The maximum Gasteiger partial charge on any atom is 0.289 e. The van der Waals surface area contributed by atoms with E-state index in [9.17, 15) is 24.0 Å². The summed E-state index contributed by atoms with van der Waals surface area (Å²) in [5.74, 6) is 6.67. The number of nitrogens with zero attached hydrogens (tertiary/aromatic N) is 1. The monoisotopic (exact) mass is 255 g/mol. The van der Waals surface area contributed by atoms with Crippen molar-refractivity contribution in [2.75, 3.05) is 0 Å². The molecule has 0 aliphatic rings. The summed E-state index contributed by atoms with van der Waals surface area (Å²) >= 11 is 0. The van der Waals surface area contributed by atoms with Crippen molar-refractivity contribution in [3.8, 4) is 0 Å². The molecule has 1 unspecified atom stereocenters. The molecular formula is C13H5NO5. The Kier molecular flexibility index (Phi) is 7.33. The summed E-state index contributed by atoms with van der Waals surface area (Å²) < 4.78 is 0. The van der Waals surface area contributed by atoms with Crippen LogP contribution in [0.3, 0.4) is 0 Å². The summed E-state index contributed by atoms with van der Waals surface area (Å²) in [5.41, 5.74) is -1.44. The van der Waals surface area contributed by atoms with Crippen molar-refractivity contribution in [2.45, 2.75) is 12.5 Å². The standard InChI is InChI=1S/C13H5NO5/c1-14-13(4-6-16)12(9-19)11(8-18)10(7-17)3-2-5-15/h2,4,13H,3H2. The van der Waals surface area contributed by atoms with Gasteiger partial charge in [-0.1, -0.05) is 0 Å². The van der Waals surface area contributed by atoms with Gasteiger partial charge >= 0.3 is 0 Å². The molecule has 0 amide bonds. The summed E-state index contributed by atoms with van der Waals surface area (Å²) in [6.07, 6.45) is 1.28. The van der Waals surface area contributed by atoms with Crippen molar-refractivity contribution < 1.29 is 24.0 Å². The molecular weight excluding hydrogens is 250 g/mol. The van der Waals surface area contributed by atoms with Crippen LogP contribution >= 0.6 is 0 Å². The first kappa shape index (κ1) is 15.7. The van der Waals surface area contributed by atoms with Crippen molar-refractivity contribution in [3.63, 3.8) is 0 Å². The molecule has 0 aromatic rings. The molecule has 19 heavy (non-hydrogen) atoms. The second-order valence-corrected chi connectivity index (χ2v) is 2.96. The maximum absolute atomic E-state index is 10.8. The second-order valence-electron chi connectivity index (χ2n) is 2.96. The molecule has 0 heterocycles. The first-order valence-corrected chi connectivity index (χ1v) is 4.71. The predicted octanol–water partition coefficient (Wildman–Crippen LogP) is -0.286. The molecule has 6 nitrogen and oxygen atoms in total. The van der Waals surface area contributed by atoms with E-state index < -0.39 is 17.2 Å². The summed E-state index contributed by atoms with van der Waals surface area (Å²) in [6, 6.07) is -1.41. The Bertz CT molecular complexity index is 650. The molecule has 0 fully saturated rings. The maximum atomic E-state index is 10.8. The zero-order valence-corrected chi connectivity index (χ0v) is 9.43. The highest BCUT2D eigenvalue weighted by atomic mass is 16.1. The minimum absolute atomic E-state index is 0.307. The van der Waals surface area contributed by atoms with E-state index in [-0.39, 0.29) is 12.0 Å². The van der Waals surface area contributed by atoms with Gasteiger partial charge in [-0.05, 0) is 0 Å². The predicted molar refractivity (Wildman–Crippen MR) is 63.2 cm³/mol. The topological polar surface area (TPSA) is 89.7 Å². The van der Waals surface area contributed by atoms with Gasteiger partial charge < -0.3 is 4.85 Å². The summed E-state index contributed by atoms with van der Waals surface area (Å²) in [7, 11) is 0. The SMILES string of the molecule is [C-]#[N+]C(C=C=O)C(=C=O)C(=C=O)C(=C=O)CC=C=O. The number of hydrogen-bond donors (Lipinski definition) is 0. The van der Waals surface area contributed by atoms with E-state index in [0.717, 1.165) is 6.08 Å². The fourth-order valence-electron chi connectivity index (χ4n) is 1.13. The molecule has 0 aromatic heterocycles. The number of hydrogen-bond acceptors (Lipinski definition) is 5. The van der Waals surface area contributed by atoms with Crippen molar-refractivity contribution in [1.82, 2.24) is 0 Å². The van der Waals surface area contributed by atoms with Gasteiger partial charge in [-0.15, -0.1) is 0 Å². The molecule has 0 N–H and O–H groups in total. The zero-order chi connectivity index (χ0) is 14.7. The molecule has 92 valence electrons. The normalized spacial score (nSPS) is 9.00. The van der Waals surface area contributed by atoms with Gasteiger partial charge in [0.25, 0.3) is 6.04 Å². The number of allylic oxidation sites excluding steroid dienone is 2. The van der Waals surface area contributed by atoms with E-state index >= 15 is 0 Å². The first-order valence-electron chi connectivity index (χ1n) is 4.71. The third-order valence-electron chi connectivity index (χ3n) is 1.96. The van der Waals surface area contributed by atoms with Crippen LogP contribution in [0.1, 0.15) is 6.42 Å². The van der Waals surface area contributed by atoms with E-state index in [0.29, 0.717) is 6.08 Å². The Balaban J connectivity index is 5.84. The van der Waals surface area contributed by atoms with E-state index in [2.05, 4.69) is 4.85 Å². The van der Waals surface area contributed by atoms with Gasteiger partial charge in [0, 0.05) is 12.5 Å². The third-order valence-corrected chi connectivity index (χ3v) is 1.96. The molecule has 0 aliphatic heterocycles. The van der Waals surface area contributed by atoms with Crippen LogP contribution in [0, 0.1) is 6.57 Å². The van der Waals surface area contributed by atoms with Crippen LogP contribution in [0.4, 0.5) is 0 Å². The van der Waals surface area contributed by atoms with Crippen molar-refractivity contribution in [3.05, 3.63) is 40.3 Å². The second kappa shape index (κ2) is 8.84. The van der Waals surface area contributed by atoms with Crippen LogP contribution in [-0.2, 0) is 24.0 Å². The van der Waals surface area contributed by atoms with Gasteiger partial charge in [0.05, 0.1) is 17.2 Å². The lowest BCUT2D eigenvalue weighted by molar-refractivity contribution is 0.561. The number of carbonyl (C=O) groups excluding carboxylic acids is 5. The molecule has 0 aliphatic carbocycles. The largest absolute Gasteiger partial charge is 0.302 e. The minimum atomic E-state index is -1.41. The minimum Gasteiger partial charge on any atom is -0.302 e. The van der Waals surface area contributed by atoms with Gasteiger partial charge in [-0.3, -0.25) is 0 Å². The van der Waals surface area contributed by atoms with Gasteiger partial charge in [0.2, 0.25) is 0 Å². The Morgan fingerprint density at radius 1 is 1.05 bits per heavy atom. The Morgan fingerprint density at radius 2 is 1.74 bits per heavy atom. The van der Waals surface area contributed by atoms with Crippen LogP contribution in [0.25, 0.3) is 4.85 Å². The molecule has 0 radical (unpaired) electrons. The summed E-state index contributed by atoms with van der Waals surface area (Å²) in [5, 5.41) is 0. The molecule has 0 saturated heterocycles. The molecule has 0 bridgehead atoms. The first-order chi connectivity index (χ1) is 9.19. The molecule has 6 heteroatoms. The van der Waals surface area contributed by atoms with Crippen LogP contribution in [-0.4, -0.2) is 35.7 Å². The summed E-state index contributed by atoms with van der Waals surface area (Å²) in [6.45, 7) is 6.80. The number of rotatable bonds is 6. The van der Waals surface area contributed by atoms with E-state index in [1.807, 2.05) is 0 Å². The Hall–Kier alpha value is -3.26. The molecule has 0 saturated carbocycles. The van der Waals surface area contributed by atoms with Crippen molar-refractivity contribution in [1.29, 1.82) is 0 Å². The lowest BCUT2D eigenvalue weighted by Crippen LogP contribution is -2.09. The highest BCUT2D eigenvalue weighted by Gasteiger charge is 2.26. The van der Waals surface area contributed by atoms with Crippen LogP contribution in [0.2, 0.25) is 0 Å². The van der Waals surface area contributed by atoms with Crippen molar-refractivity contribution >= 4 is 29.7 Å². The van der Waals surface area contributed by atoms with Gasteiger partial charge in [-0.25, -0.2) is 30.5 Å². The molecule has 0 spiro atoms.